The molecule has 2 N–H and O–H groups in total. The van der Waals surface area contributed by atoms with Crippen molar-refractivity contribution >= 4 is 38.9 Å². The molecule has 22 heavy (non-hydrogen) atoms. The molecule has 0 radical (unpaired) electrons. The van der Waals surface area contributed by atoms with Crippen LogP contribution in [-0.2, 0) is 19.4 Å². The van der Waals surface area contributed by atoms with Gasteiger partial charge in [0.05, 0.1) is 5.75 Å². The van der Waals surface area contributed by atoms with E-state index in [1.54, 1.807) is 25.1 Å². The minimum atomic E-state index is -3.23. The van der Waals surface area contributed by atoms with Gasteiger partial charge in [-0.2, -0.15) is 0 Å². The third-order valence-electron chi connectivity index (χ3n) is 3.00. The molecule has 0 aliphatic heterocycles. The first-order valence-corrected chi connectivity index (χ1v) is 9.05. The molecule has 0 aliphatic rings. The van der Waals surface area contributed by atoms with E-state index in [1.807, 2.05) is 0 Å². The average Bonchev–Trinajstić information content (AvgIpc) is 2.38. The maximum atomic E-state index is 12.3. The number of carbonyl (C=O) groups excluding carboxylic acids is 2. The lowest BCUT2D eigenvalue weighted by Crippen LogP contribution is -2.44. The third kappa shape index (κ3) is 6.03. The van der Waals surface area contributed by atoms with Crippen LogP contribution in [0, 0.1) is 6.92 Å². The monoisotopic (exact) mass is 346 g/mol. The summed E-state index contributed by atoms with van der Waals surface area (Å²) in [5.41, 5.74) is 1.22. The highest BCUT2D eigenvalue weighted by molar-refractivity contribution is 7.90. The molecule has 1 aromatic rings. The maximum Gasteiger partial charge on any atom is 0.246 e. The second-order valence-electron chi connectivity index (χ2n) is 5.07. The van der Waals surface area contributed by atoms with Crippen LogP contribution in [0.25, 0.3) is 0 Å². The van der Waals surface area contributed by atoms with Crippen LogP contribution >= 0.6 is 11.6 Å². The van der Waals surface area contributed by atoms with Crippen molar-refractivity contribution in [3.05, 3.63) is 28.8 Å². The molecule has 1 unspecified atom stereocenters. The van der Waals surface area contributed by atoms with Crippen molar-refractivity contribution in [1.82, 2.24) is 5.32 Å². The van der Waals surface area contributed by atoms with Gasteiger partial charge in [-0.1, -0.05) is 17.7 Å². The van der Waals surface area contributed by atoms with E-state index in [-0.39, 0.29) is 12.2 Å². The first-order valence-electron chi connectivity index (χ1n) is 6.61. The fourth-order valence-electron chi connectivity index (χ4n) is 1.81. The molecular formula is C14H19ClN2O4S. The molecule has 0 heterocycles. The fourth-order valence-corrected chi connectivity index (χ4v) is 2.65. The number of carbonyl (C=O) groups is 2. The van der Waals surface area contributed by atoms with E-state index < -0.39 is 27.7 Å². The van der Waals surface area contributed by atoms with Crippen LogP contribution in [0.5, 0.6) is 0 Å². The Morgan fingerprint density at radius 3 is 2.50 bits per heavy atom. The Labute approximate surface area is 135 Å². The molecule has 6 nitrogen and oxygen atoms in total. The molecule has 0 fully saturated rings. The molecular weight excluding hydrogens is 328 g/mol. The summed E-state index contributed by atoms with van der Waals surface area (Å²) in [7, 11) is -3.23. The largest absolute Gasteiger partial charge is 0.345 e. The number of rotatable bonds is 6. The first-order chi connectivity index (χ1) is 10.1. The lowest BCUT2D eigenvalue weighted by molar-refractivity contribution is -0.125. The molecule has 1 rings (SSSR count). The Bertz CT molecular complexity index is 673. The van der Waals surface area contributed by atoms with E-state index in [2.05, 4.69) is 10.6 Å². The van der Waals surface area contributed by atoms with Gasteiger partial charge in [0.15, 0.2) is 0 Å². The highest BCUT2D eigenvalue weighted by Crippen LogP contribution is 2.23. The number of amides is 2. The molecule has 0 spiro atoms. The summed E-state index contributed by atoms with van der Waals surface area (Å²) in [4.78, 5) is 23.5. The van der Waals surface area contributed by atoms with E-state index in [9.17, 15) is 18.0 Å². The molecule has 0 saturated carbocycles. The predicted octanol–water partition coefficient (Wildman–Crippen LogP) is 1.53. The fraction of sp³-hybridized carbons (Fsp3) is 0.429. The number of anilines is 1. The molecule has 2 amide bonds. The highest BCUT2D eigenvalue weighted by Gasteiger charge is 2.22. The maximum absolute atomic E-state index is 12.3. The number of hydrogen-bond donors (Lipinski definition) is 2. The predicted molar refractivity (Wildman–Crippen MR) is 86.8 cm³/mol. The second-order valence-corrected chi connectivity index (χ2v) is 7.74. The van der Waals surface area contributed by atoms with Gasteiger partial charge in [-0.05, 0) is 31.0 Å². The van der Waals surface area contributed by atoms with Crippen LogP contribution in [0.1, 0.15) is 18.9 Å². The van der Waals surface area contributed by atoms with Crippen LogP contribution in [0.4, 0.5) is 5.69 Å². The summed E-state index contributed by atoms with van der Waals surface area (Å²) in [6.45, 7) is 3.02. The molecule has 1 atom stereocenters. The quantitative estimate of drug-likeness (QED) is 0.817. The Hall–Kier alpha value is -1.60. The Morgan fingerprint density at radius 2 is 1.95 bits per heavy atom. The standard InChI is InChI=1S/C14H19ClN2O4S/c1-9-11(15)5-4-6-12(9)17-14(19)13(16-10(2)18)7-8-22(3,20)21/h4-6,13H,7-8H2,1-3H3,(H,16,18)(H,17,19). The van der Waals surface area contributed by atoms with E-state index in [1.165, 1.54) is 6.92 Å². The van der Waals surface area contributed by atoms with Gasteiger partial charge in [0, 0.05) is 23.9 Å². The van der Waals surface area contributed by atoms with Crippen LogP contribution in [0.15, 0.2) is 18.2 Å². The third-order valence-corrected chi connectivity index (χ3v) is 4.38. The zero-order valence-corrected chi connectivity index (χ0v) is 14.2. The van der Waals surface area contributed by atoms with E-state index in [4.69, 9.17) is 11.6 Å². The Balaban J connectivity index is 2.87. The van der Waals surface area contributed by atoms with Gasteiger partial charge < -0.3 is 10.6 Å². The van der Waals surface area contributed by atoms with Crippen molar-refractivity contribution < 1.29 is 18.0 Å². The molecule has 0 saturated heterocycles. The number of hydrogen-bond acceptors (Lipinski definition) is 4. The topological polar surface area (TPSA) is 92.3 Å². The smallest absolute Gasteiger partial charge is 0.246 e. The van der Waals surface area contributed by atoms with Crippen molar-refractivity contribution in [2.45, 2.75) is 26.3 Å². The molecule has 0 aromatic heterocycles. The van der Waals surface area contributed by atoms with Gasteiger partial charge in [0.25, 0.3) is 0 Å². The first kappa shape index (κ1) is 18.4. The van der Waals surface area contributed by atoms with Gasteiger partial charge in [0.2, 0.25) is 11.8 Å². The van der Waals surface area contributed by atoms with Crippen molar-refractivity contribution in [3.63, 3.8) is 0 Å². The highest BCUT2D eigenvalue weighted by atomic mass is 35.5. The molecule has 122 valence electrons. The van der Waals surface area contributed by atoms with Crippen LogP contribution in [0.2, 0.25) is 5.02 Å². The lowest BCUT2D eigenvalue weighted by atomic mass is 10.1. The lowest BCUT2D eigenvalue weighted by Gasteiger charge is -2.18. The molecule has 0 aliphatic carbocycles. The van der Waals surface area contributed by atoms with Crippen LogP contribution in [-0.4, -0.2) is 38.3 Å². The summed E-state index contributed by atoms with van der Waals surface area (Å²) < 4.78 is 22.5. The van der Waals surface area contributed by atoms with E-state index in [0.29, 0.717) is 16.3 Å². The van der Waals surface area contributed by atoms with Crippen molar-refractivity contribution in [2.24, 2.45) is 0 Å². The summed E-state index contributed by atoms with van der Waals surface area (Å²) >= 11 is 5.98. The minimum absolute atomic E-state index is 0.00383. The van der Waals surface area contributed by atoms with Gasteiger partial charge in [-0.25, -0.2) is 8.42 Å². The molecule has 8 heteroatoms. The van der Waals surface area contributed by atoms with Crippen molar-refractivity contribution in [3.8, 4) is 0 Å². The van der Waals surface area contributed by atoms with Gasteiger partial charge >= 0.3 is 0 Å². The SMILES string of the molecule is CC(=O)NC(CCS(C)(=O)=O)C(=O)Nc1cccc(Cl)c1C. The Morgan fingerprint density at radius 1 is 1.32 bits per heavy atom. The zero-order valence-electron chi connectivity index (χ0n) is 12.6. The van der Waals surface area contributed by atoms with Crippen LogP contribution in [0.3, 0.4) is 0 Å². The summed E-state index contributed by atoms with van der Waals surface area (Å²) in [6, 6.07) is 4.14. The minimum Gasteiger partial charge on any atom is -0.345 e. The number of halogens is 1. The zero-order chi connectivity index (χ0) is 16.9. The van der Waals surface area contributed by atoms with Crippen molar-refractivity contribution in [2.75, 3.05) is 17.3 Å². The van der Waals surface area contributed by atoms with E-state index >= 15 is 0 Å². The molecule has 0 bridgehead atoms. The summed E-state index contributed by atoms with van der Waals surface area (Å²) in [6.07, 6.45) is 1.08. The molecule has 1 aromatic carbocycles. The second kappa shape index (κ2) is 7.60. The Kier molecular flexibility index (Phi) is 6.37. The summed E-state index contributed by atoms with van der Waals surface area (Å²) in [5, 5.41) is 5.62. The van der Waals surface area contributed by atoms with E-state index in [0.717, 1.165) is 6.26 Å². The number of nitrogens with one attached hydrogen (secondary N) is 2. The van der Waals surface area contributed by atoms with Crippen LogP contribution < -0.4 is 10.6 Å². The number of benzene rings is 1. The van der Waals surface area contributed by atoms with Gasteiger partial charge in [0.1, 0.15) is 15.9 Å². The van der Waals surface area contributed by atoms with Gasteiger partial charge in [-0.3, -0.25) is 9.59 Å². The summed E-state index contributed by atoms with van der Waals surface area (Å²) in [5.74, 6) is -1.08. The normalized spacial score (nSPS) is 12.5. The number of sulfone groups is 1. The average molecular weight is 347 g/mol. The van der Waals surface area contributed by atoms with Crippen molar-refractivity contribution in [1.29, 1.82) is 0 Å². The van der Waals surface area contributed by atoms with Gasteiger partial charge in [-0.15, -0.1) is 0 Å².